The maximum Gasteiger partial charge on any atom is 0.229 e. The zero-order chi connectivity index (χ0) is 28.2. The van der Waals surface area contributed by atoms with Crippen LogP contribution >= 0.6 is 0 Å². The smallest absolute Gasteiger partial charge is 0.229 e. The Morgan fingerprint density at radius 2 is 0.925 bits per heavy atom. The zero-order valence-electron chi connectivity index (χ0n) is 22.7. The third kappa shape index (κ3) is 5.67. The van der Waals surface area contributed by atoms with Crippen molar-refractivity contribution in [3.05, 3.63) is 120 Å². The van der Waals surface area contributed by atoms with Gasteiger partial charge in [-0.2, -0.15) is 0 Å². The highest BCUT2D eigenvalue weighted by molar-refractivity contribution is 5.86. The number of rotatable bonds is 6. The molecule has 2 atom stereocenters. The van der Waals surface area contributed by atoms with Gasteiger partial charge in [0.15, 0.2) is 0 Å². The average Bonchev–Trinajstić information content (AvgIpc) is 3.00. The van der Waals surface area contributed by atoms with Crippen molar-refractivity contribution in [2.45, 2.75) is 25.7 Å². The highest BCUT2D eigenvalue weighted by Crippen LogP contribution is 2.29. The number of hydrogen-bond acceptors (Lipinski definition) is 2. The van der Waals surface area contributed by atoms with Gasteiger partial charge in [-0.15, -0.1) is 0 Å². The van der Waals surface area contributed by atoms with Crippen LogP contribution in [0.15, 0.2) is 97.1 Å². The number of nitrogens with zero attached hydrogens (tertiary/aromatic N) is 2. The minimum absolute atomic E-state index is 0.0921. The molecule has 4 aromatic rings. The molecule has 0 bridgehead atoms. The van der Waals surface area contributed by atoms with E-state index in [1.807, 2.05) is 60.7 Å². The summed E-state index contributed by atoms with van der Waals surface area (Å²) in [6.45, 7) is 5.15. The fraction of sp³-hybridized carbons (Fsp3) is 0.235. The van der Waals surface area contributed by atoms with E-state index in [2.05, 4.69) is 0 Å². The van der Waals surface area contributed by atoms with Crippen LogP contribution in [0.5, 0.6) is 0 Å². The Bertz CT molecular complexity index is 1380. The van der Waals surface area contributed by atoms with Gasteiger partial charge in [-0.25, -0.2) is 8.78 Å². The van der Waals surface area contributed by atoms with E-state index in [1.165, 1.54) is 12.1 Å². The van der Waals surface area contributed by atoms with E-state index in [-0.39, 0.29) is 23.4 Å². The fourth-order valence-corrected chi connectivity index (χ4v) is 5.29. The lowest BCUT2D eigenvalue weighted by molar-refractivity contribution is -0.140. The van der Waals surface area contributed by atoms with Gasteiger partial charge in [-0.3, -0.25) is 9.59 Å². The second kappa shape index (κ2) is 11.8. The van der Waals surface area contributed by atoms with E-state index in [0.29, 0.717) is 48.4 Å². The standard InChI is InChI=1S/C34H32F2N2O2/c1-23(27-13-15-29(31(35)21-27)25-9-5-3-6-10-25)33(39)37-17-19-38(20-18-37)34(40)24(2)28-14-16-30(32(36)22-28)26-11-7-4-8-12-26/h3-16,21-24H,17-20H2,1-2H3/t23-,24-/m0/s1. The van der Waals surface area contributed by atoms with Crippen LogP contribution in [0, 0.1) is 11.6 Å². The first-order valence-electron chi connectivity index (χ1n) is 13.6. The molecule has 4 aromatic carbocycles. The molecule has 5 rings (SSSR count). The second-order valence-electron chi connectivity index (χ2n) is 10.3. The van der Waals surface area contributed by atoms with Crippen molar-refractivity contribution in [2.75, 3.05) is 26.2 Å². The van der Waals surface area contributed by atoms with Gasteiger partial charge in [0.05, 0.1) is 11.8 Å². The van der Waals surface area contributed by atoms with Gasteiger partial charge in [0.25, 0.3) is 0 Å². The first kappa shape index (κ1) is 27.3. The van der Waals surface area contributed by atoms with Gasteiger partial charge in [0, 0.05) is 37.3 Å². The van der Waals surface area contributed by atoms with Crippen LogP contribution in [0.1, 0.15) is 36.8 Å². The van der Waals surface area contributed by atoms with Crippen molar-refractivity contribution in [1.82, 2.24) is 9.80 Å². The maximum atomic E-state index is 14.9. The van der Waals surface area contributed by atoms with Gasteiger partial charge in [-0.05, 0) is 48.2 Å². The Morgan fingerprint density at radius 3 is 1.25 bits per heavy atom. The Morgan fingerprint density at radius 1 is 0.575 bits per heavy atom. The first-order chi connectivity index (χ1) is 19.3. The number of carbonyl (C=O) groups excluding carboxylic acids is 2. The lowest BCUT2D eigenvalue weighted by atomic mass is 9.95. The Kier molecular flexibility index (Phi) is 8.06. The molecule has 40 heavy (non-hydrogen) atoms. The van der Waals surface area contributed by atoms with Crippen molar-refractivity contribution < 1.29 is 18.4 Å². The molecular formula is C34H32F2N2O2. The molecule has 1 aliphatic heterocycles. The van der Waals surface area contributed by atoms with Gasteiger partial charge in [0.2, 0.25) is 11.8 Å². The van der Waals surface area contributed by atoms with Crippen molar-refractivity contribution in [1.29, 1.82) is 0 Å². The quantitative estimate of drug-likeness (QED) is 0.269. The summed E-state index contributed by atoms with van der Waals surface area (Å²) >= 11 is 0. The summed E-state index contributed by atoms with van der Waals surface area (Å²) in [6, 6.07) is 28.5. The second-order valence-corrected chi connectivity index (χ2v) is 10.3. The number of halogens is 2. The van der Waals surface area contributed by atoms with Crippen molar-refractivity contribution in [3.63, 3.8) is 0 Å². The number of piperazine rings is 1. The van der Waals surface area contributed by atoms with E-state index in [0.717, 1.165) is 11.1 Å². The fourth-order valence-electron chi connectivity index (χ4n) is 5.29. The monoisotopic (exact) mass is 538 g/mol. The number of benzene rings is 4. The summed E-state index contributed by atoms with van der Waals surface area (Å²) in [6.07, 6.45) is 0. The molecule has 0 unspecified atom stereocenters. The summed E-state index contributed by atoms with van der Waals surface area (Å²) in [4.78, 5) is 29.9. The number of carbonyl (C=O) groups is 2. The molecule has 1 aliphatic rings. The molecule has 1 heterocycles. The summed E-state index contributed by atoms with van der Waals surface area (Å²) in [5.74, 6) is -1.92. The highest BCUT2D eigenvalue weighted by Gasteiger charge is 2.30. The summed E-state index contributed by atoms with van der Waals surface area (Å²) in [5.41, 5.74) is 3.82. The molecule has 0 aliphatic carbocycles. The van der Waals surface area contributed by atoms with Crippen LogP contribution in [0.2, 0.25) is 0 Å². The van der Waals surface area contributed by atoms with Crippen LogP contribution < -0.4 is 0 Å². The Hall–Kier alpha value is -4.32. The average molecular weight is 539 g/mol. The molecule has 4 nitrogen and oxygen atoms in total. The summed E-state index contributed by atoms with van der Waals surface area (Å²) < 4.78 is 29.8. The summed E-state index contributed by atoms with van der Waals surface area (Å²) in [7, 11) is 0. The molecule has 6 heteroatoms. The van der Waals surface area contributed by atoms with Crippen molar-refractivity contribution in [3.8, 4) is 22.3 Å². The molecule has 2 amide bonds. The minimum atomic E-state index is -0.508. The molecule has 0 aromatic heterocycles. The third-order valence-corrected chi connectivity index (χ3v) is 7.80. The highest BCUT2D eigenvalue weighted by atomic mass is 19.1. The van der Waals surface area contributed by atoms with Gasteiger partial charge in [-0.1, -0.05) is 84.9 Å². The molecule has 0 spiro atoms. The van der Waals surface area contributed by atoms with E-state index >= 15 is 0 Å². The predicted octanol–water partition coefficient (Wildman–Crippen LogP) is 6.88. The number of amides is 2. The lowest BCUT2D eigenvalue weighted by Crippen LogP contribution is -2.52. The molecule has 1 saturated heterocycles. The topological polar surface area (TPSA) is 40.6 Å². The van der Waals surface area contributed by atoms with E-state index in [4.69, 9.17) is 0 Å². The predicted molar refractivity (Wildman–Crippen MR) is 154 cm³/mol. The molecule has 0 saturated carbocycles. The first-order valence-corrected chi connectivity index (χ1v) is 13.6. The van der Waals surface area contributed by atoms with Gasteiger partial charge >= 0.3 is 0 Å². The summed E-state index contributed by atoms with van der Waals surface area (Å²) in [5, 5.41) is 0. The van der Waals surface area contributed by atoms with Crippen LogP contribution in [-0.4, -0.2) is 47.8 Å². The molecule has 0 radical (unpaired) electrons. The SMILES string of the molecule is C[C@H](C(=O)N1CCN(C(=O)[C@@H](C)c2ccc(-c3ccccc3)c(F)c2)CC1)c1ccc(-c2ccccc2)c(F)c1. The van der Waals surface area contributed by atoms with Crippen LogP contribution in [-0.2, 0) is 9.59 Å². The molecule has 0 N–H and O–H groups in total. The number of hydrogen-bond donors (Lipinski definition) is 0. The Balaban J connectivity index is 1.19. The lowest BCUT2D eigenvalue weighted by Gasteiger charge is -2.37. The van der Waals surface area contributed by atoms with Crippen LogP contribution in [0.25, 0.3) is 22.3 Å². The largest absolute Gasteiger partial charge is 0.339 e. The van der Waals surface area contributed by atoms with Crippen molar-refractivity contribution in [2.24, 2.45) is 0 Å². The van der Waals surface area contributed by atoms with Crippen LogP contribution in [0.4, 0.5) is 8.78 Å². The molecule has 204 valence electrons. The van der Waals surface area contributed by atoms with E-state index in [9.17, 15) is 18.4 Å². The van der Waals surface area contributed by atoms with E-state index < -0.39 is 11.8 Å². The normalized spacial score (nSPS) is 15.0. The molecule has 1 fully saturated rings. The third-order valence-electron chi connectivity index (χ3n) is 7.80. The zero-order valence-corrected chi connectivity index (χ0v) is 22.7. The minimum Gasteiger partial charge on any atom is -0.339 e. The van der Waals surface area contributed by atoms with Gasteiger partial charge < -0.3 is 9.80 Å². The van der Waals surface area contributed by atoms with Gasteiger partial charge in [0.1, 0.15) is 11.6 Å². The maximum absolute atomic E-state index is 14.9. The molecular weight excluding hydrogens is 506 g/mol. The van der Waals surface area contributed by atoms with E-state index in [1.54, 1.807) is 47.9 Å². The van der Waals surface area contributed by atoms with Crippen molar-refractivity contribution >= 4 is 11.8 Å². The Labute approximate surface area is 233 Å². The van der Waals surface area contributed by atoms with Crippen LogP contribution in [0.3, 0.4) is 0 Å².